The SMILES string of the molecule is COc1ccc(C2CCC(CCC3CCC(C)CC3)CC2)cc1. The molecule has 1 aromatic carbocycles. The van der Waals surface area contributed by atoms with Crippen molar-refractivity contribution in [3.05, 3.63) is 29.8 Å². The van der Waals surface area contributed by atoms with Crippen LogP contribution in [-0.4, -0.2) is 7.11 Å². The number of benzene rings is 1. The van der Waals surface area contributed by atoms with Crippen LogP contribution in [0.5, 0.6) is 5.75 Å². The number of methoxy groups -OCH3 is 1. The zero-order valence-corrected chi connectivity index (χ0v) is 15.1. The summed E-state index contributed by atoms with van der Waals surface area (Å²) in [5, 5.41) is 0. The highest BCUT2D eigenvalue weighted by Gasteiger charge is 2.24. The van der Waals surface area contributed by atoms with Crippen LogP contribution in [0.3, 0.4) is 0 Å². The molecule has 0 aliphatic heterocycles. The molecule has 0 heterocycles. The molecule has 2 aliphatic rings. The standard InChI is InChI=1S/C22H34O/c1-17-3-5-18(6-4-17)7-8-19-9-11-20(12-10-19)21-13-15-22(23-2)16-14-21/h13-20H,3-12H2,1-2H3. The molecule has 1 heteroatoms. The molecule has 0 bridgehead atoms. The van der Waals surface area contributed by atoms with Crippen LogP contribution in [0, 0.1) is 17.8 Å². The van der Waals surface area contributed by atoms with E-state index in [0.29, 0.717) is 0 Å². The molecule has 0 spiro atoms. The molecule has 23 heavy (non-hydrogen) atoms. The zero-order chi connectivity index (χ0) is 16.1. The van der Waals surface area contributed by atoms with E-state index in [-0.39, 0.29) is 0 Å². The Bertz CT molecular complexity index is 447. The second kappa shape index (κ2) is 8.22. The minimum absolute atomic E-state index is 0.785. The fourth-order valence-electron chi connectivity index (χ4n) is 4.75. The topological polar surface area (TPSA) is 9.23 Å². The molecular weight excluding hydrogens is 280 g/mol. The monoisotopic (exact) mass is 314 g/mol. The molecule has 1 aromatic rings. The van der Waals surface area contributed by atoms with Crippen molar-refractivity contribution >= 4 is 0 Å². The maximum Gasteiger partial charge on any atom is 0.118 e. The second-order valence-corrected chi connectivity index (χ2v) is 8.19. The van der Waals surface area contributed by atoms with Crippen LogP contribution in [-0.2, 0) is 0 Å². The minimum Gasteiger partial charge on any atom is -0.497 e. The van der Waals surface area contributed by atoms with Gasteiger partial charge in [0.25, 0.3) is 0 Å². The van der Waals surface area contributed by atoms with Crippen molar-refractivity contribution in [1.29, 1.82) is 0 Å². The summed E-state index contributed by atoms with van der Waals surface area (Å²) in [5.74, 6) is 4.80. The summed E-state index contributed by atoms with van der Waals surface area (Å²) in [7, 11) is 1.74. The Morgan fingerprint density at radius 3 is 1.83 bits per heavy atom. The molecule has 0 atom stereocenters. The summed E-state index contributed by atoms with van der Waals surface area (Å²) in [6.07, 6.45) is 14.6. The maximum atomic E-state index is 5.27. The summed E-state index contributed by atoms with van der Waals surface area (Å²) in [6, 6.07) is 8.77. The predicted octanol–water partition coefficient (Wildman–Crippen LogP) is 6.58. The number of hydrogen-bond acceptors (Lipinski definition) is 1. The van der Waals surface area contributed by atoms with E-state index in [1.54, 1.807) is 7.11 Å². The number of rotatable bonds is 5. The van der Waals surface area contributed by atoms with Gasteiger partial charge in [0, 0.05) is 0 Å². The van der Waals surface area contributed by atoms with E-state index in [1.807, 2.05) is 0 Å². The largest absolute Gasteiger partial charge is 0.497 e. The average Bonchev–Trinajstić information content (AvgIpc) is 2.62. The van der Waals surface area contributed by atoms with Gasteiger partial charge in [-0.25, -0.2) is 0 Å². The third-order valence-corrected chi connectivity index (χ3v) is 6.55. The van der Waals surface area contributed by atoms with Crippen molar-refractivity contribution in [2.75, 3.05) is 7.11 Å². The van der Waals surface area contributed by atoms with Crippen LogP contribution in [0.4, 0.5) is 0 Å². The summed E-state index contributed by atoms with van der Waals surface area (Å²) >= 11 is 0. The van der Waals surface area contributed by atoms with E-state index in [4.69, 9.17) is 4.74 Å². The van der Waals surface area contributed by atoms with Crippen molar-refractivity contribution in [3.63, 3.8) is 0 Å². The van der Waals surface area contributed by atoms with Gasteiger partial charge >= 0.3 is 0 Å². The molecule has 0 radical (unpaired) electrons. The molecule has 0 unspecified atom stereocenters. The predicted molar refractivity (Wildman–Crippen MR) is 98.0 cm³/mol. The highest BCUT2D eigenvalue weighted by atomic mass is 16.5. The Balaban J connectivity index is 1.39. The van der Waals surface area contributed by atoms with Gasteiger partial charge in [-0.1, -0.05) is 57.6 Å². The molecule has 3 rings (SSSR count). The van der Waals surface area contributed by atoms with Crippen molar-refractivity contribution < 1.29 is 4.74 Å². The van der Waals surface area contributed by atoms with Gasteiger partial charge < -0.3 is 4.74 Å². The number of hydrogen-bond donors (Lipinski definition) is 0. The summed E-state index contributed by atoms with van der Waals surface area (Å²) in [6.45, 7) is 2.43. The molecule has 0 N–H and O–H groups in total. The number of ether oxygens (including phenoxy) is 1. The third-order valence-electron chi connectivity index (χ3n) is 6.55. The lowest BCUT2D eigenvalue weighted by atomic mass is 9.74. The summed E-state index contributed by atoms with van der Waals surface area (Å²) in [5.41, 5.74) is 1.52. The minimum atomic E-state index is 0.785. The first-order chi connectivity index (χ1) is 11.2. The van der Waals surface area contributed by atoms with E-state index in [0.717, 1.165) is 29.4 Å². The molecule has 128 valence electrons. The lowest BCUT2D eigenvalue weighted by molar-refractivity contribution is 0.237. The van der Waals surface area contributed by atoms with Crippen LogP contribution < -0.4 is 4.74 Å². The first-order valence-electron chi connectivity index (χ1n) is 9.88. The maximum absolute atomic E-state index is 5.27. The molecule has 0 aromatic heterocycles. The molecule has 1 nitrogen and oxygen atoms in total. The van der Waals surface area contributed by atoms with Crippen molar-refractivity contribution in [1.82, 2.24) is 0 Å². The van der Waals surface area contributed by atoms with Gasteiger partial charge in [0.2, 0.25) is 0 Å². The molecule has 2 saturated carbocycles. The zero-order valence-electron chi connectivity index (χ0n) is 15.1. The van der Waals surface area contributed by atoms with Crippen LogP contribution in [0.15, 0.2) is 24.3 Å². The third kappa shape index (κ3) is 4.75. The van der Waals surface area contributed by atoms with Gasteiger partial charge in [0.15, 0.2) is 0 Å². The highest BCUT2D eigenvalue weighted by Crippen LogP contribution is 2.39. The van der Waals surface area contributed by atoms with E-state index < -0.39 is 0 Å². The summed E-state index contributed by atoms with van der Waals surface area (Å²) < 4.78 is 5.27. The molecule has 2 fully saturated rings. The first-order valence-corrected chi connectivity index (χ1v) is 9.88. The highest BCUT2D eigenvalue weighted by molar-refractivity contribution is 5.29. The lowest BCUT2D eigenvalue weighted by Crippen LogP contribution is -2.16. The Morgan fingerprint density at radius 2 is 1.30 bits per heavy atom. The molecular formula is C22H34O. The average molecular weight is 315 g/mol. The van der Waals surface area contributed by atoms with Gasteiger partial charge in [-0.3, -0.25) is 0 Å². The van der Waals surface area contributed by atoms with Gasteiger partial charge in [-0.2, -0.15) is 0 Å². The fourth-order valence-corrected chi connectivity index (χ4v) is 4.75. The van der Waals surface area contributed by atoms with Crippen LogP contribution in [0.2, 0.25) is 0 Å². The Labute approximate surface area is 142 Å². The summed E-state index contributed by atoms with van der Waals surface area (Å²) in [4.78, 5) is 0. The molecule has 0 saturated heterocycles. The van der Waals surface area contributed by atoms with Crippen LogP contribution in [0.25, 0.3) is 0 Å². The van der Waals surface area contributed by atoms with E-state index in [1.165, 1.54) is 69.8 Å². The van der Waals surface area contributed by atoms with Crippen molar-refractivity contribution in [3.8, 4) is 5.75 Å². The van der Waals surface area contributed by atoms with Gasteiger partial charge in [0.1, 0.15) is 5.75 Å². The first kappa shape index (κ1) is 16.9. The fraction of sp³-hybridized carbons (Fsp3) is 0.727. The van der Waals surface area contributed by atoms with Gasteiger partial charge in [0.05, 0.1) is 7.11 Å². The Morgan fingerprint density at radius 1 is 0.783 bits per heavy atom. The normalized spacial score (nSPS) is 31.7. The lowest BCUT2D eigenvalue weighted by Gasteiger charge is -2.31. The van der Waals surface area contributed by atoms with Gasteiger partial charge in [-0.15, -0.1) is 0 Å². The molecule has 0 amide bonds. The van der Waals surface area contributed by atoms with E-state index >= 15 is 0 Å². The van der Waals surface area contributed by atoms with E-state index in [9.17, 15) is 0 Å². The van der Waals surface area contributed by atoms with E-state index in [2.05, 4.69) is 31.2 Å². The second-order valence-electron chi connectivity index (χ2n) is 8.19. The van der Waals surface area contributed by atoms with Crippen molar-refractivity contribution in [2.45, 2.75) is 77.0 Å². The Hall–Kier alpha value is -0.980. The molecule has 2 aliphatic carbocycles. The Kier molecular flexibility index (Phi) is 6.02. The van der Waals surface area contributed by atoms with Crippen LogP contribution in [0.1, 0.15) is 82.6 Å². The smallest absolute Gasteiger partial charge is 0.118 e. The van der Waals surface area contributed by atoms with Gasteiger partial charge in [-0.05, 0) is 67.1 Å². The quantitative estimate of drug-likeness (QED) is 0.596. The van der Waals surface area contributed by atoms with Crippen molar-refractivity contribution in [2.24, 2.45) is 17.8 Å². The van der Waals surface area contributed by atoms with Crippen LogP contribution >= 0.6 is 0 Å².